The van der Waals surface area contributed by atoms with E-state index in [1.165, 1.54) is 11.1 Å². The van der Waals surface area contributed by atoms with E-state index in [0.29, 0.717) is 6.04 Å². The lowest BCUT2D eigenvalue weighted by molar-refractivity contribution is 0.513. The summed E-state index contributed by atoms with van der Waals surface area (Å²) in [6, 6.07) is 9.02. The van der Waals surface area contributed by atoms with Crippen LogP contribution in [-0.2, 0) is 13.0 Å². The second-order valence-electron chi connectivity index (χ2n) is 3.29. The normalized spacial score (nSPS) is 21.8. The maximum Gasteiger partial charge on any atom is 0.0674 e. The van der Waals surface area contributed by atoms with Gasteiger partial charge < -0.3 is 5.32 Å². The molecule has 1 aliphatic rings. The zero-order valence-electron chi connectivity index (χ0n) is 7.09. The lowest BCUT2D eigenvalue weighted by atomic mass is 9.88. The number of hydrogen-bond acceptors (Lipinski definition) is 1. The molecule has 1 aromatic rings. The molecule has 0 aromatic heterocycles. The summed E-state index contributed by atoms with van der Waals surface area (Å²) in [7, 11) is 5.60. The fourth-order valence-corrected chi connectivity index (χ4v) is 1.69. The molecule has 1 unspecified atom stereocenters. The summed E-state index contributed by atoms with van der Waals surface area (Å²) in [6.07, 6.45) is 1.81. The molecule has 2 rings (SSSR count). The lowest BCUT2D eigenvalue weighted by Crippen LogP contribution is -2.34. The Morgan fingerprint density at radius 3 is 2.83 bits per heavy atom. The van der Waals surface area contributed by atoms with Crippen molar-refractivity contribution < 1.29 is 0 Å². The smallest absolute Gasteiger partial charge is 0.0674 e. The van der Waals surface area contributed by atoms with Gasteiger partial charge in [-0.05, 0) is 17.5 Å². The monoisotopic (exact) mass is 157 g/mol. The first-order valence-electron chi connectivity index (χ1n) is 4.40. The molecule has 0 bridgehead atoms. The predicted octanol–water partition coefficient (Wildman–Crippen LogP) is 1.29. The van der Waals surface area contributed by atoms with Crippen molar-refractivity contribution in [2.24, 2.45) is 0 Å². The van der Waals surface area contributed by atoms with Crippen LogP contribution in [0.5, 0.6) is 0 Å². The first-order valence-corrected chi connectivity index (χ1v) is 4.40. The van der Waals surface area contributed by atoms with Gasteiger partial charge in [-0.15, -0.1) is 0 Å². The molecule has 0 amide bonds. The minimum atomic E-state index is 0.472. The molecule has 12 heavy (non-hydrogen) atoms. The summed E-state index contributed by atoms with van der Waals surface area (Å²) >= 11 is 0. The maximum absolute atomic E-state index is 5.60. The van der Waals surface area contributed by atoms with E-state index in [0.717, 1.165) is 19.3 Å². The molecule has 1 N–H and O–H groups in total. The summed E-state index contributed by atoms with van der Waals surface area (Å²) in [5, 5.41) is 3.40. The highest BCUT2D eigenvalue weighted by molar-refractivity contribution is 6.09. The zero-order valence-corrected chi connectivity index (χ0v) is 7.09. The van der Waals surface area contributed by atoms with Gasteiger partial charge in [0.15, 0.2) is 0 Å². The van der Waals surface area contributed by atoms with Crippen LogP contribution in [0.4, 0.5) is 0 Å². The van der Waals surface area contributed by atoms with Gasteiger partial charge in [-0.1, -0.05) is 30.6 Å². The van der Waals surface area contributed by atoms with E-state index >= 15 is 0 Å². The van der Waals surface area contributed by atoms with Crippen molar-refractivity contribution >= 4 is 7.85 Å². The maximum atomic E-state index is 5.60. The highest BCUT2D eigenvalue weighted by Gasteiger charge is 2.14. The molecule has 0 spiro atoms. The van der Waals surface area contributed by atoms with E-state index < -0.39 is 0 Å². The quantitative estimate of drug-likeness (QED) is 0.605. The van der Waals surface area contributed by atoms with Crippen LogP contribution in [0.3, 0.4) is 0 Å². The summed E-state index contributed by atoms with van der Waals surface area (Å²) in [6.45, 7) is 0.970. The van der Waals surface area contributed by atoms with E-state index in [2.05, 4.69) is 29.6 Å². The molecule has 0 aliphatic carbocycles. The molecule has 0 fully saturated rings. The standard InChI is InChI=1S/C10H12BN/c11-6-10-5-8-3-1-2-4-9(8)7-12-10/h1-4,10,12H,5-7H2. The van der Waals surface area contributed by atoms with Crippen LogP contribution in [0.15, 0.2) is 24.3 Å². The average Bonchev–Trinajstić information content (AvgIpc) is 2.17. The molecule has 2 heteroatoms. The third-order valence-electron chi connectivity index (χ3n) is 2.45. The van der Waals surface area contributed by atoms with Crippen LogP contribution in [-0.4, -0.2) is 13.9 Å². The molecule has 0 saturated heterocycles. The molecule has 1 aromatic carbocycles. The first-order chi connectivity index (χ1) is 5.90. The summed E-state index contributed by atoms with van der Waals surface area (Å²) in [5.74, 6) is 0. The van der Waals surface area contributed by atoms with E-state index in [9.17, 15) is 0 Å². The highest BCUT2D eigenvalue weighted by atomic mass is 14.9. The number of benzene rings is 1. The fraction of sp³-hybridized carbons (Fsp3) is 0.400. The van der Waals surface area contributed by atoms with Crippen molar-refractivity contribution in [3.8, 4) is 0 Å². The molecule has 1 nitrogen and oxygen atoms in total. The first kappa shape index (κ1) is 7.87. The summed E-state index contributed by atoms with van der Waals surface area (Å²) in [4.78, 5) is 0. The number of nitrogens with one attached hydrogen (secondary N) is 1. The third-order valence-corrected chi connectivity index (χ3v) is 2.45. The van der Waals surface area contributed by atoms with Crippen molar-refractivity contribution in [2.45, 2.75) is 25.3 Å². The Balaban J connectivity index is 2.23. The van der Waals surface area contributed by atoms with Crippen molar-refractivity contribution in [3.05, 3.63) is 35.4 Å². The zero-order chi connectivity index (χ0) is 8.39. The number of fused-ring (bicyclic) bond motifs is 1. The minimum Gasteiger partial charge on any atom is -0.310 e. The van der Waals surface area contributed by atoms with E-state index in [1.807, 2.05) is 0 Å². The van der Waals surface area contributed by atoms with Gasteiger partial charge in [-0.2, -0.15) is 0 Å². The van der Waals surface area contributed by atoms with Crippen LogP contribution in [0.25, 0.3) is 0 Å². The van der Waals surface area contributed by atoms with Gasteiger partial charge in [-0.25, -0.2) is 0 Å². The Labute approximate surface area is 74.6 Å². The summed E-state index contributed by atoms with van der Waals surface area (Å²) in [5.41, 5.74) is 2.87. The third kappa shape index (κ3) is 1.39. The topological polar surface area (TPSA) is 12.0 Å². The van der Waals surface area contributed by atoms with Gasteiger partial charge in [0, 0.05) is 12.6 Å². The Morgan fingerprint density at radius 1 is 1.33 bits per heavy atom. The predicted molar refractivity (Wildman–Crippen MR) is 51.3 cm³/mol. The van der Waals surface area contributed by atoms with Gasteiger partial charge in [0.05, 0.1) is 7.85 Å². The van der Waals surface area contributed by atoms with Crippen molar-refractivity contribution in [3.63, 3.8) is 0 Å². The Hall–Kier alpha value is -0.755. The molecule has 1 atom stereocenters. The molecule has 0 saturated carbocycles. The van der Waals surface area contributed by atoms with Crippen LogP contribution < -0.4 is 5.32 Å². The van der Waals surface area contributed by atoms with Gasteiger partial charge in [0.25, 0.3) is 0 Å². The molecular formula is C10H12BN. The van der Waals surface area contributed by atoms with E-state index in [1.54, 1.807) is 0 Å². The minimum absolute atomic E-state index is 0.472. The second-order valence-corrected chi connectivity index (χ2v) is 3.29. The second kappa shape index (κ2) is 3.32. The average molecular weight is 157 g/mol. The number of rotatable bonds is 1. The Bertz CT molecular complexity index is 272. The molecule has 2 radical (unpaired) electrons. The van der Waals surface area contributed by atoms with Crippen LogP contribution in [0.1, 0.15) is 11.1 Å². The van der Waals surface area contributed by atoms with Gasteiger partial charge in [0.1, 0.15) is 0 Å². The van der Waals surface area contributed by atoms with Gasteiger partial charge >= 0.3 is 0 Å². The highest BCUT2D eigenvalue weighted by Crippen LogP contribution is 2.16. The molecule has 1 aliphatic heterocycles. The van der Waals surface area contributed by atoms with Crippen molar-refractivity contribution in [2.75, 3.05) is 0 Å². The molecular weight excluding hydrogens is 145 g/mol. The van der Waals surface area contributed by atoms with Crippen molar-refractivity contribution in [1.29, 1.82) is 0 Å². The lowest BCUT2D eigenvalue weighted by Gasteiger charge is -2.25. The van der Waals surface area contributed by atoms with Crippen molar-refractivity contribution in [1.82, 2.24) is 5.32 Å². The Morgan fingerprint density at radius 2 is 2.08 bits per heavy atom. The van der Waals surface area contributed by atoms with Crippen LogP contribution in [0, 0.1) is 0 Å². The molecule has 60 valence electrons. The van der Waals surface area contributed by atoms with Gasteiger partial charge in [-0.3, -0.25) is 0 Å². The summed E-state index contributed by atoms with van der Waals surface area (Å²) < 4.78 is 0. The van der Waals surface area contributed by atoms with Crippen LogP contribution in [0.2, 0.25) is 6.32 Å². The number of hydrogen-bond donors (Lipinski definition) is 1. The Kier molecular flexibility index (Phi) is 2.18. The van der Waals surface area contributed by atoms with Crippen LogP contribution >= 0.6 is 0 Å². The largest absolute Gasteiger partial charge is 0.310 e. The molecule has 1 heterocycles. The van der Waals surface area contributed by atoms with E-state index in [-0.39, 0.29) is 0 Å². The van der Waals surface area contributed by atoms with Gasteiger partial charge in [0.2, 0.25) is 0 Å². The van der Waals surface area contributed by atoms with E-state index in [4.69, 9.17) is 7.85 Å². The fourth-order valence-electron chi connectivity index (χ4n) is 1.69. The SMILES string of the molecule is [B]CC1Cc2ccccc2CN1.